The van der Waals surface area contributed by atoms with Crippen molar-refractivity contribution in [3.8, 4) is 0 Å². The molecule has 1 aromatic heterocycles. The first-order valence-corrected chi connectivity index (χ1v) is 13.3. The Morgan fingerprint density at radius 3 is 2.49 bits per heavy atom. The number of nitrogens with one attached hydrogen (secondary N) is 1. The fraction of sp³-hybridized carbons (Fsp3) is 0.400. The number of aromatic nitrogens is 2. The fourth-order valence-electron chi connectivity index (χ4n) is 4.44. The van der Waals surface area contributed by atoms with E-state index in [2.05, 4.69) is 4.72 Å². The smallest absolute Gasteiger partial charge is 0.331 e. The molecule has 1 N–H and O–H groups in total. The molecule has 1 saturated heterocycles. The van der Waals surface area contributed by atoms with Gasteiger partial charge in [-0.2, -0.15) is 0 Å². The Kier molecular flexibility index (Phi) is 7.11. The molecule has 1 aliphatic heterocycles. The second-order valence-electron chi connectivity index (χ2n) is 8.83. The number of likely N-dealkylation sites (tertiary alicyclic amines) is 1. The van der Waals surface area contributed by atoms with E-state index in [9.17, 15) is 22.8 Å². The summed E-state index contributed by atoms with van der Waals surface area (Å²) in [6.45, 7) is 3.31. The molecule has 186 valence electrons. The number of nitrogens with zero attached hydrogens (tertiary/aromatic N) is 3. The molecule has 0 radical (unpaired) electrons. The minimum absolute atomic E-state index is 0.0357. The molecule has 3 aromatic rings. The summed E-state index contributed by atoms with van der Waals surface area (Å²) in [5.41, 5.74) is 0.586. The molecule has 0 spiro atoms. The summed E-state index contributed by atoms with van der Waals surface area (Å²) in [4.78, 5) is 40.3. The Morgan fingerprint density at radius 1 is 1.03 bits per heavy atom. The number of aryl methyl sites for hydroxylation is 2. The molecule has 0 saturated carbocycles. The SMILES string of the molecule is CCc1cccc(NS(=O)(=O)c2ccc3c(c2)c(=O)n(CCC(=O)N2CCCCC2)c(=O)n3C)c1. The average Bonchev–Trinajstić information content (AvgIpc) is 2.87. The van der Waals surface area contributed by atoms with Gasteiger partial charge in [0.2, 0.25) is 5.91 Å². The lowest BCUT2D eigenvalue weighted by Crippen LogP contribution is -2.41. The predicted molar refractivity (Wildman–Crippen MR) is 135 cm³/mol. The van der Waals surface area contributed by atoms with Gasteiger partial charge in [-0.05, 0) is 61.6 Å². The van der Waals surface area contributed by atoms with E-state index >= 15 is 0 Å². The van der Waals surface area contributed by atoms with Crippen LogP contribution in [0.5, 0.6) is 0 Å². The molecule has 0 bridgehead atoms. The monoisotopic (exact) mass is 498 g/mol. The first-order chi connectivity index (χ1) is 16.7. The van der Waals surface area contributed by atoms with Gasteiger partial charge in [-0.25, -0.2) is 13.2 Å². The first-order valence-electron chi connectivity index (χ1n) is 11.8. The maximum absolute atomic E-state index is 13.2. The van der Waals surface area contributed by atoms with Crippen LogP contribution in [0.3, 0.4) is 0 Å². The molecule has 4 rings (SSSR count). The predicted octanol–water partition coefficient (Wildman–Crippen LogP) is 2.47. The van der Waals surface area contributed by atoms with E-state index in [1.54, 1.807) is 23.1 Å². The highest BCUT2D eigenvalue weighted by Crippen LogP contribution is 2.20. The van der Waals surface area contributed by atoms with Crippen molar-refractivity contribution < 1.29 is 13.2 Å². The molecule has 2 heterocycles. The molecule has 0 atom stereocenters. The molecular weight excluding hydrogens is 468 g/mol. The zero-order valence-corrected chi connectivity index (χ0v) is 20.8. The van der Waals surface area contributed by atoms with Gasteiger partial charge in [0.1, 0.15) is 0 Å². The van der Waals surface area contributed by atoms with Crippen LogP contribution < -0.4 is 16.0 Å². The van der Waals surface area contributed by atoms with Crippen LogP contribution in [0.2, 0.25) is 0 Å². The number of hydrogen-bond donors (Lipinski definition) is 1. The lowest BCUT2D eigenvalue weighted by Gasteiger charge is -2.26. The number of fused-ring (bicyclic) bond motifs is 1. The Labute approximate surface area is 204 Å². The van der Waals surface area contributed by atoms with Gasteiger partial charge in [0.25, 0.3) is 15.6 Å². The fourth-order valence-corrected chi connectivity index (χ4v) is 5.51. The van der Waals surface area contributed by atoms with E-state index in [1.165, 1.54) is 29.8 Å². The maximum Gasteiger partial charge on any atom is 0.331 e. The topological polar surface area (TPSA) is 110 Å². The Bertz CT molecular complexity index is 1480. The first kappa shape index (κ1) is 24.7. The summed E-state index contributed by atoms with van der Waals surface area (Å²) >= 11 is 0. The van der Waals surface area contributed by atoms with Crippen molar-refractivity contribution in [3.05, 3.63) is 68.9 Å². The van der Waals surface area contributed by atoms with Gasteiger partial charge in [-0.1, -0.05) is 19.1 Å². The summed E-state index contributed by atoms with van der Waals surface area (Å²) in [7, 11) is -2.45. The molecule has 10 heteroatoms. The third kappa shape index (κ3) is 5.17. The Balaban J connectivity index is 1.66. The number of carbonyl (C=O) groups excluding carboxylic acids is 1. The molecule has 0 unspecified atom stereocenters. The normalized spacial score (nSPS) is 14.3. The lowest BCUT2D eigenvalue weighted by molar-refractivity contribution is -0.132. The Morgan fingerprint density at radius 2 is 1.77 bits per heavy atom. The van der Waals surface area contributed by atoms with Crippen LogP contribution in [0, 0.1) is 0 Å². The van der Waals surface area contributed by atoms with Crippen LogP contribution in [0.4, 0.5) is 5.69 Å². The number of hydrogen-bond acceptors (Lipinski definition) is 5. The number of anilines is 1. The highest BCUT2D eigenvalue weighted by atomic mass is 32.2. The van der Waals surface area contributed by atoms with Gasteiger partial charge in [0, 0.05) is 38.8 Å². The van der Waals surface area contributed by atoms with Crippen LogP contribution in [0.15, 0.2) is 56.9 Å². The highest BCUT2D eigenvalue weighted by Gasteiger charge is 2.20. The van der Waals surface area contributed by atoms with E-state index in [1.807, 2.05) is 13.0 Å². The summed E-state index contributed by atoms with van der Waals surface area (Å²) in [6.07, 6.45) is 3.81. The quantitative estimate of drug-likeness (QED) is 0.538. The van der Waals surface area contributed by atoms with Crippen molar-refractivity contribution in [2.75, 3.05) is 17.8 Å². The van der Waals surface area contributed by atoms with Crippen molar-refractivity contribution in [3.63, 3.8) is 0 Å². The number of benzene rings is 2. The molecule has 2 aromatic carbocycles. The zero-order valence-electron chi connectivity index (χ0n) is 20.0. The van der Waals surface area contributed by atoms with Crippen molar-refractivity contribution in [2.45, 2.75) is 50.5 Å². The average molecular weight is 499 g/mol. The molecule has 1 amide bonds. The van der Waals surface area contributed by atoms with E-state index < -0.39 is 21.3 Å². The zero-order chi connectivity index (χ0) is 25.2. The van der Waals surface area contributed by atoms with Gasteiger partial charge < -0.3 is 4.90 Å². The molecule has 1 aliphatic rings. The van der Waals surface area contributed by atoms with Crippen LogP contribution >= 0.6 is 0 Å². The van der Waals surface area contributed by atoms with Gasteiger partial charge >= 0.3 is 5.69 Å². The number of carbonyl (C=O) groups is 1. The van der Waals surface area contributed by atoms with Crippen molar-refractivity contribution in [2.24, 2.45) is 7.05 Å². The molecular formula is C25H30N4O5S. The van der Waals surface area contributed by atoms with E-state index in [4.69, 9.17) is 0 Å². The van der Waals surface area contributed by atoms with Crippen molar-refractivity contribution >= 4 is 32.5 Å². The van der Waals surface area contributed by atoms with Crippen LogP contribution in [-0.2, 0) is 34.8 Å². The molecule has 35 heavy (non-hydrogen) atoms. The molecule has 9 nitrogen and oxygen atoms in total. The second-order valence-corrected chi connectivity index (χ2v) is 10.5. The van der Waals surface area contributed by atoms with Crippen molar-refractivity contribution in [1.29, 1.82) is 0 Å². The van der Waals surface area contributed by atoms with Crippen LogP contribution in [0.1, 0.15) is 38.2 Å². The Hall–Kier alpha value is -3.40. The highest BCUT2D eigenvalue weighted by molar-refractivity contribution is 7.92. The number of rotatable bonds is 7. The summed E-state index contributed by atoms with van der Waals surface area (Å²) in [6, 6.07) is 11.2. The van der Waals surface area contributed by atoms with Crippen LogP contribution in [0.25, 0.3) is 10.9 Å². The summed E-state index contributed by atoms with van der Waals surface area (Å²) < 4.78 is 31.0. The second kappa shape index (κ2) is 10.1. The van der Waals surface area contributed by atoms with E-state index in [0.29, 0.717) is 24.3 Å². The largest absolute Gasteiger partial charge is 0.343 e. The third-order valence-corrected chi connectivity index (χ3v) is 7.86. The van der Waals surface area contributed by atoms with Gasteiger partial charge in [0.05, 0.1) is 15.8 Å². The minimum Gasteiger partial charge on any atom is -0.343 e. The van der Waals surface area contributed by atoms with Crippen molar-refractivity contribution in [1.82, 2.24) is 14.0 Å². The van der Waals surface area contributed by atoms with Gasteiger partial charge in [-0.15, -0.1) is 0 Å². The molecule has 1 fully saturated rings. The number of amides is 1. The summed E-state index contributed by atoms with van der Waals surface area (Å²) in [5, 5.41) is 0.0997. The van der Waals surface area contributed by atoms with Gasteiger partial charge in [-0.3, -0.25) is 23.4 Å². The number of sulfonamides is 1. The van der Waals surface area contributed by atoms with Gasteiger partial charge in [0.15, 0.2) is 0 Å². The van der Waals surface area contributed by atoms with E-state index in [0.717, 1.165) is 35.8 Å². The standard InChI is InChI=1S/C25H30N4O5S/c1-3-18-8-7-9-19(16-18)26-35(33,34)20-10-11-22-21(17-20)24(31)29(25(32)27(22)2)15-12-23(30)28-13-5-4-6-14-28/h7-11,16-17,26H,3-6,12-15H2,1-2H3. The third-order valence-electron chi connectivity index (χ3n) is 6.48. The maximum atomic E-state index is 13.2. The van der Waals surface area contributed by atoms with Crippen LogP contribution in [-0.4, -0.2) is 41.4 Å². The lowest BCUT2D eigenvalue weighted by atomic mass is 10.1. The van der Waals surface area contributed by atoms with E-state index in [-0.39, 0.29) is 29.2 Å². The number of piperidine rings is 1. The summed E-state index contributed by atoms with van der Waals surface area (Å²) in [5.74, 6) is -0.0893. The minimum atomic E-state index is -3.97. The molecule has 0 aliphatic carbocycles.